The number of hydrogen-bond donors (Lipinski definition) is 0. The summed E-state index contributed by atoms with van der Waals surface area (Å²) in [5, 5.41) is 0. The smallest absolute Gasteiger partial charge is 0.153 e. The van der Waals surface area contributed by atoms with Crippen LogP contribution >= 0.6 is 11.8 Å². The molecule has 5 aromatic rings. The van der Waals surface area contributed by atoms with Crippen molar-refractivity contribution in [1.29, 1.82) is 0 Å². The summed E-state index contributed by atoms with van der Waals surface area (Å²) in [5.74, 6) is 2.81. The van der Waals surface area contributed by atoms with E-state index < -0.39 is 0 Å². The quantitative estimate of drug-likeness (QED) is 0.204. The second kappa shape index (κ2) is 10.9. The summed E-state index contributed by atoms with van der Waals surface area (Å²) in [4.78, 5) is 16.3. The molecule has 6 heteroatoms. The SMILES string of the molecule is CC(C)c1cccc(C(C)C)c1-n1ccnc1-c1cccc(Sc2cccc(N3CN(C)c4ncccc43)c2)c1. The molecule has 3 aromatic carbocycles. The molecule has 2 aromatic heterocycles. The molecule has 0 N–H and O–H groups in total. The van der Waals surface area contributed by atoms with Crippen molar-refractivity contribution in [2.24, 2.45) is 0 Å². The predicted octanol–water partition coefficient (Wildman–Crippen LogP) is 8.88. The first-order valence-electron chi connectivity index (χ1n) is 13.9. The zero-order valence-electron chi connectivity index (χ0n) is 23.7. The molecule has 0 saturated carbocycles. The molecule has 0 unspecified atom stereocenters. The number of imidazole rings is 1. The molecule has 0 amide bonds. The fourth-order valence-electron chi connectivity index (χ4n) is 5.51. The van der Waals surface area contributed by atoms with Crippen molar-refractivity contribution >= 4 is 29.0 Å². The van der Waals surface area contributed by atoms with Crippen LogP contribution < -0.4 is 9.80 Å². The van der Waals surface area contributed by atoms with Gasteiger partial charge in [0.05, 0.1) is 18.0 Å². The highest BCUT2D eigenvalue weighted by Gasteiger charge is 2.25. The minimum absolute atomic E-state index is 0.413. The third-order valence-corrected chi connectivity index (χ3v) is 8.43. The first-order valence-corrected chi connectivity index (χ1v) is 14.7. The summed E-state index contributed by atoms with van der Waals surface area (Å²) in [7, 11) is 2.09. The highest BCUT2D eigenvalue weighted by Crippen LogP contribution is 2.40. The standard InChI is InChI=1S/C34H35N5S/c1-23(2)29-14-8-15-30(24(3)4)32(29)38-19-18-36-33(38)25-10-6-12-27(20-25)40-28-13-7-11-26(21-28)39-22-37(5)34-31(39)16-9-17-35-34/h6-21,23-24H,22H2,1-5H3. The molecule has 1 aliphatic rings. The Morgan fingerprint density at radius 2 is 1.45 bits per heavy atom. The van der Waals surface area contributed by atoms with Crippen molar-refractivity contribution in [3.05, 3.63) is 109 Å². The van der Waals surface area contributed by atoms with Crippen molar-refractivity contribution in [3.8, 4) is 17.1 Å². The number of fused-ring (bicyclic) bond motifs is 1. The molecule has 0 fully saturated rings. The second-order valence-electron chi connectivity index (χ2n) is 11.0. The van der Waals surface area contributed by atoms with Crippen LogP contribution in [0.25, 0.3) is 17.1 Å². The molecule has 3 heterocycles. The van der Waals surface area contributed by atoms with Crippen molar-refractivity contribution in [2.75, 3.05) is 23.5 Å². The van der Waals surface area contributed by atoms with Crippen LogP contribution in [0.2, 0.25) is 0 Å². The van der Waals surface area contributed by atoms with Crippen LogP contribution in [0.1, 0.15) is 50.7 Å². The van der Waals surface area contributed by atoms with Gasteiger partial charge in [-0.3, -0.25) is 4.57 Å². The number of rotatable bonds is 7. The zero-order chi connectivity index (χ0) is 27.8. The van der Waals surface area contributed by atoms with Gasteiger partial charge in [-0.2, -0.15) is 0 Å². The van der Waals surface area contributed by atoms with Gasteiger partial charge < -0.3 is 9.80 Å². The second-order valence-corrected chi connectivity index (χ2v) is 12.1. The van der Waals surface area contributed by atoms with Gasteiger partial charge >= 0.3 is 0 Å². The molecule has 1 aliphatic heterocycles. The number of hydrogen-bond acceptors (Lipinski definition) is 5. The first-order chi connectivity index (χ1) is 19.4. The van der Waals surface area contributed by atoms with E-state index in [-0.39, 0.29) is 0 Å². The Bertz CT molecular complexity index is 1630. The maximum Gasteiger partial charge on any atom is 0.153 e. The molecule has 0 bridgehead atoms. The van der Waals surface area contributed by atoms with Gasteiger partial charge in [-0.05, 0) is 65.4 Å². The third-order valence-electron chi connectivity index (χ3n) is 7.45. The summed E-state index contributed by atoms with van der Waals surface area (Å²) >= 11 is 1.78. The van der Waals surface area contributed by atoms with Crippen LogP contribution in [0.15, 0.2) is 107 Å². The van der Waals surface area contributed by atoms with Crippen LogP contribution in [-0.4, -0.2) is 28.3 Å². The third kappa shape index (κ3) is 4.88. The molecule has 202 valence electrons. The summed E-state index contributed by atoms with van der Waals surface area (Å²) in [6.07, 6.45) is 5.87. The van der Waals surface area contributed by atoms with Crippen LogP contribution in [-0.2, 0) is 0 Å². The number of pyridine rings is 1. The Morgan fingerprint density at radius 1 is 0.750 bits per heavy atom. The average Bonchev–Trinajstić information content (AvgIpc) is 3.58. The Balaban J connectivity index is 1.32. The van der Waals surface area contributed by atoms with Gasteiger partial charge in [-0.25, -0.2) is 9.97 Å². The summed E-state index contributed by atoms with van der Waals surface area (Å²) < 4.78 is 2.28. The molecule has 0 aliphatic carbocycles. The summed E-state index contributed by atoms with van der Waals surface area (Å²) in [6.45, 7) is 9.84. The summed E-state index contributed by atoms with van der Waals surface area (Å²) in [5.41, 5.74) is 7.37. The maximum absolute atomic E-state index is 4.84. The average molecular weight is 546 g/mol. The van der Waals surface area contributed by atoms with E-state index >= 15 is 0 Å². The largest absolute Gasteiger partial charge is 0.340 e. The lowest BCUT2D eigenvalue weighted by molar-refractivity contribution is 0.806. The number of para-hydroxylation sites is 1. The van der Waals surface area contributed by atoms with E-state index in [1.807, 2.05) is 18.5 Å². The molecule has 0 radical (unpaired) electrons. The van der Waals surface area contributed by atoms with E-state index in [9.17, 15) is 0 Å². The summed E-state index contributed by atoms with van der Waals surface area (Å²) in [6, 6.07) is 28.3. The highest BCUT2D eigenvalue weighted by atomic mass is 32.2. The van der Waals surface area contributed by atoms with E-state index in [0.29, 0.717) is 11.8 Å². The topological polar surface area (TPSA) is 37.2 Å². The van der Waals surface area contributed by atoms with Crippen molar-refractivity contribution in [1.82, 2.24) is 14.5 Å². The van der Waals surface area contributed by atoms with Gasteiger partial charge in [0.25, 0.3) is 0 Å². The molecule has 6 rings (SSSR count). The molecule has 0 spiro atoms. The Hall–Kier alpha value is -4.03. The van der Waals surface area contributed by atoms with Crippen molar-refractivity contribution in [2.45, 2.75) is 49.3 Å². The molecular formula is C34H35N5S. The van der Waals surface area contributed by atoms with Gasteiger partial charge in [0.15, 0.2) is 5.82 Å². The molecule has 0 atom stereocenters. The fraction of sp³-hybridized carbons (Fsp3) is 0.235. The molecule has 5 nitrogen and oxygen atoms in total. The van der Waals surface area contributed by atoms with Crippen molar-refractivity contribution in [3.63, 3.8) is 0 Å². The minimum atomic E-state index is 0.413. The van der Waals surface area contributed by atoms with Gasteiger partial charge in [0.1, 0.15) is 5.82 Å². The van der Waals surface area contributed by atoms with Crippen LogP contribution in [0.4, 0.5) is 17.2 Å². The Kier molecular flexibility index (Phi) is 7.11. The number of nitrogens with zero attached hydrogens (tertiary/aromatic N) is 5. The van der Waals surface area contributed by atoms with E-state index in [0.717, 1.165) is 29.6 Å². The molecule has 0 saturated heterocycles. The lowest BCUT2D eigenvalue weighted by Gasteiger charge is -2.22. The Morgan fingerprint density at radius 3 is 2.20 bits per heavy atom. The van der Waals surface area contributed by atoms with Gasteiger partial charge in [-0.1, -0.05) is 75.9 Å². The van der Waals surface area contributed by atoms with Gasteiger partial charge in [-0.15, -0.1) is 0 Å². The maximum atomic E-state index is 4.84. The zero-order valence-corrected chi connectivity index (χ0v) is 24.6. The lowest BCUT2D eigenvalue weighted by Crippen LogP contribution is -2.24. The van der Waals surface area contributed by atoms with Crippen LogP contribution in [0.5, 0.6) is 0 Å². The highest BCUT2D eigenvalue weighted by molar-refractivity contribution is 7.99. The monoisotopic (exact) mass is 545 g/mol. The van der Waals surface area contributed by atoms with Gasteiger partial charge in [0.2, 0.25) is 0 Å². The normalized spacial score (nSPS) is 13.0. The number of anilines is 3. The van der Waals surface area contributed by atoms with E-state index in [2.05, 4.69) is 133 Å². The number of benzene rings is 3. The molecule has 40 heavy (non-hydrogen) atoms. The lowest BCUT2D eigenvalue weighted by atomic mass is 9.92. The van der Waals surface area contributed by atoms with Crippen LogP contribution in [0, 0.1) is 0 Å². The van der Waals surface area contributed by atoms with Crippen molar-refractivity contribution < 1.29 is 0 Å². The number of aromatic nitrogens is 3. The van der Waals surface area contributed by atoms with E-state index in [1.54, 1.807) is 11.8 Å². The molecular weight excluding hydrogens is 510 g/mol. The fourth-order valence-corrected chi connectivity index (χ4v) is 6.44. The first kappa shape index (κ1) is 26.2. The van der Waals surface area contributed by atoms with E-state index in [4.69, 9.17) is 4.98 Å². The van der Waals surface area contributed by atoms with E-state index in [1.165, 1.54) is 32.3 Å². The van der Waals surface area contributed by atoms with Gasteiger partial charge in [0, 0.05) is 46.7 Å². The Labute approximate surface area is 241 Å². The minimum Gasteiger partial charge on any atom is -0.340 e. The van der Waals surface area contributed by atoms with Crippen LogP contribution in [0.3, 0.4) is 0 Å². The predicted molar refractivity (Wildman–Crippen MR) is 167 cm³/mol.